The Kier molecular flexibility index (Phi) is 4.69. The van der Waals surface area contributed by atoms with Crippen LogP contribution in [0.1, 0.15) is 0 Å². The molecule has 112 valence electrons. The first-order valence-electron chi connectivity index (χ1n) is 6.00. The van der Waals surface area contributed by atoms with E-state index in [0.29, 0.717) is 16.6 Å². The van der Waals surface area contributed by atoms with E-state index in [0.717, 1.165) is 4.90 Å². The normalized spacial score (nSPS) is 11.2. The van der Waals surface area contributed by atoms with Gasteiger partial charge in [0.15, 0.2) is 21.4 Å². The quantitative estimate of drug-likeness (QED) is 0.843. The Morgan fingerprint density at radius 2 is 1.86 bits per heavy atom. The van der Waals surface area contributed by atoms with Crippen LogP contribution in [0.4, 0.5) is 5.82 Å². The Morgan fingerprint density at radius 3 is 2.38 bits per heavy atom. The number of hydrogen-bond donors (Lipinski definition) is 1. The van der Waals surface area contributed by atoms with Crippen LogP contribution in [0.15, 0.2) is 45.4 Å². The van der Waals surface area contributed by atoms with Gasteiger partial charge in [0, 0.05) is 18.2 Å². The molecule has 1 aromatic heterocycles. The third-order valence-corrected chi connectivity index (χ3v) is 4.80. The second-order valence-corrected chi connectivity index (χ2v) is 7.23. The highest BCUT2D eigenvalue weighted by Crippen LogP contribution is 2.36. The van der Waals surface area contributed by atoms with E-state index < -0.39 is 9.84 Å². The van der Waals surface area contributed by atoms with E-state index in [2.05, 4.69) is 15.3 Å². The van der Waals surface area contributed by atoms with Crippen LogP contribution in [0.5, 0.6) is 5.75 Å². The van der Waals surface area contributed by atoms with E-state index in [1.165, 1.54) is 24.3 Å². The van der Waals surface area contributed by atoms with Gasteiger partial charge in [-0.05, 0) is 24.3 Å². The van der Waals surface area contributed by atoms with Gasteiger partial charge in [-0.2, -0.15) is 0 Å². The maximum atomic E-state index is 11.4. The van der Waals surface area contributed by atoms with Crippen LogP contribution in [0.2, 0.25) is 0 Å². The van der Waals surface area contributed by atoms with Crippen molar-refractivity contribution in [2.45, 2.75) is 14.8 Å². The van der Waals surface area contributed by atoms with E-state index in [1.54, 1.807) is 38.4 Å². The summed E-state index contributed by atoms with van der Waals surface area (Å²) in [6.45, 7) is 0. The molecule has 0 saturated carbocycles. The van der Waals surface area contributed by atoms with E-state index in [1.807, 2.05) is 0 Å². The summed E-state index contributed by atoms with van der Waals surface area (Å²) in [6.07, 6.45) is 2.63. The number of sulfone groups is 1. The molecule has 1 heterocycles. The maximum absolute atomic E-state index is 11.4. The molecule has 0 bridgehead atoms. The van der Waals surface area contributed by atoms with Crippen molar-refractivity contribution in [2.24, 2.45) is 0 Å². The van der Waals surface area contributed by atoms with Gasteiger partial charge in [0.1, 0.15) is 11.4 Å². The molecule has 2 rings (SSSR count). The van der Waals surface area contributed by atoms with Crippen molar-refractivity contribution < 1.29 is 13.2 Å². The highest BCUT2D eigenvalue weighted by Gasteiger charge is 2.13. The molecule has 1 aromatic carbocycles. The molecule has 0 amide bonds. The summed E-state index contributed by atoms with van der Waals surface area (Å²) in [5.74, 6) is 1.15. The number of rotatable bonds is 5. The molecule has 0 aliphatic rings. The van der Waals surface area contributed by atoms with E-state index in [9.17, 15) is 8.42 Å². The van der Waals surface area contributed by atoms with Gasteiger partial charge >= 0.3 is 0 Å². The van der Waals surface area contributed by atoms with Gasteiger partial charge in [-0.3, -0.25) is 0 Å². The predicted molar refractivity (Wildman–Crippen MR) is 81.8 cm³/mol. The lowest BCUT2D eigenvalue weighted by Crippen LogP contribution is -2.00. The minimum Gasteiger partial charge on any atom is -0.490 e. The maximum Gasteiger partial charge on any atom is 0.194 e. The minimum absolute atomic E-state index is 0.289. The van der Waals surface area contributed by atoms with Crippen molar-refractivity contribution in [2.75, 3.05) is 25.7 Å². The number of nitrogens with one attached hydrogen (secondary N) is 1. The van der Waals surface area contributed by atoms with Crippen molar-refractivity contribution in [3.8, 4) is 5.75 Å². The summed E-state index contributed by atoms with van der Waals surface area (Å²) < 4.78 is 28.2. The lowest BCUT2D eigenvalue weighted by molar-refractivity contribution is 0.400. The predicted octanol–water partition coefficient (Wildman–Crippen LogP) is 2.08. The lowest BCUT2D eigenvalue weighted by Gasteiger charge is -2.10. The summed E-state index contributed by atoms with van der Waals surface area (Å²) in [5.41, 5.74) is 0. The standard InChI is InChI=1S/C13H15N3O3S2/c1-14-12-11(19-2)13(16-8-15-12)20-9-4-6-10(7-5-9)21(3,17)18/h4-8H,1-3H3,(H,14,15,16). The summed E-state index contributed by atoms with van der Waals surface area (Å²) >= 11 is 1.38. The summed E-state index contributed by atoms with van der Waals surface area (Å²) in [4.78, 5) is 9.42. The van der Waals surface area contributed by atoms with Crippen LogP contribution in [-0.4, -0.2) is 38.8 Å². The van der Waals surface area contributed by atoms with E-state index >= 15 is 0 Å². The Balaban J connectivity index is 2.30. The van der Waals surface area contributed by atoms with Crippen molar-refractivity contribution in [1.82, 2.24) is 9.97 Å². The fourth-order valence-corrected chi connectivity index (χ4v) is 3.16. The van der Waals surface area contributed by atoms with Crippen LogP contribution >= 0.6 is 11.8 Å². The van der Waals surface area contributed by atoms with Gasteiger partial charge in [0.25, 0.3) is 0 Å². The fraction of sp³-hybridized carbons (Fsp3) is 0.231. The molecule has 6 nitrogen and oxygen atoms in total. The summed E-state index contributed by atoms with van der Waals surface area (Å²) in [5, 5.41) is 3.59. The number of hydrogen-bond acceptors (Lipinski definition) is 7. The van der Waals surface area contributed by atoms with Crippen LogP contribution in [0.25, 0.3) is 0 Å². The van der Waals surface area contributed by atoms with Crippen LogP contribution < -0.4 is 10.1 Å². The Bertz CT molecular complexity index is 731. The molecular weight excluding hydrogens is 310 g/mol. The van der Waals surface area contributed by atoms with Gasteiger partial charge in [-0.15, -0.1) is 0 Å². The van der Waals surface area contributed by atoms with Crippen molar-refractivity contribution in [3.63, 3.8) is 0 Å². The summed E-state index contributed by atoms with van der Waals surface area (Å²) in [6, 6.07) is 6.62. The zero-order chi connectivity index (χ0) is 15.5. The molecule has 0 aliphatic heterocycles. The van der Waals surface area contributed by atoms with Gasteiger partial charge in [-0.1, -0.05) is 11.8 Å². The molecule has 0 atom stereocenters. The molecule has 21 heavy (non-hydrogen) atoms. The first-order valence-corrected chi connectivity index (χ1v) is 8.71. The molecule has 0 aliphatic carbocycles. The van der Waals surface area contributed by atoms with Gasteiger partial charge in [0.2, 0.25) is 0 Å². The largest absolute Gasteiger partial charge is 0.490 e. The first kappa shape index (κ1) is 15.6. The monoisotopic (exact) mass is 325 g/mol. The molecule has 0 fully saturated rings. The molecule has 0 saturated heterocycles. The number of benzene rings is 1. The number of aromatic nitrogens is 2. The molecule has 0 radical (unpaired) electrons. The Labute approximate surface area is 127 Å². The van der Waals surface area contributed by atoms with E-state index in [-0.39, 0.29) is 4.90 Å². The van der Waals surface area contributed by atoms with Crippen molar-refractivity contribution in [3.05, 3.63) is 30.6 Å². The molecule has 0 unspecified atom stereocenters. The van der Waals surface area contributed by atoms with Crippen LogP contribution in [-0.2, 0) is 9.84 Å². The third kappa shape index (κ3) is 3.64. The summed E-state index contributed by atoms with van der Waals surface area (Å²) in [7, 11) is 0.117. The zero-order valence-corrected chi connectivity index (χ0v) is 13.5. The molecule has 2 aromatic rings. The molecular formula is C13H15N3O3S2. The van der Waals surface area contributed by atoms with Crippen molar-refractivity contribution >= 4 is 27.4 Å². The first-order chi connectivity index (χ1) is 9.95. The topological polar surface area (TPSA) is 81.2 Å². The molecule has 8 heteroatoms. The van der Waals surface area contributed by atoms with Gasteiger partial charge < -0.3 is 10.1 Å². The number of methoxy groups -OCH3 is 1. The van der Waals surface area contributed by atoms with Gasteiger partial charge in [-0.25, -0.2) is 18.4 Å². The third-order valence-electron chi connectivity index (χ3n) is 2.68. The van der Waals surface area contributed by atoms with Crippen LogP contribution in [0, 0.1) is 0 Å². The Morgan fingerprint density at radius 1 is 1.19 bits per heavy atom. The molecule has 0 spiro atoms. The smallest absolute Gasteiger partial charge is 0.194 e. The average Bonchev–Trinajstić information content (AvgIpc) is 2.46. The highest BCUT2D eigenvalue weighted by molar-refractivity contribution is 7.99. The zero-order valence-electron chi connectivity index (χ0n) is 11.8. The number of anilines is 1. The Hall–Kier alpha value is -1.80. The second kappa shape index (κ2) is 6.31. The second-order valence-electron chi connectivity index (χ2n) is 4.16. The number of ether oxygens (including phenoxy) is 1. The van der Waals surface area contributed by atoms with Gasteiger partial charge in [0.05, 0.1) is 12.0 Å². The van der Waals surface area contributed by atoms with Crippen LogP contribution in [0.3, 0.4) is 0 Å². The minimum atomic E-state index is -3.19. The molecule has 1 N–H and O–H groups in total. The lowest BCUT2D eigenvalue weighted by atomic mass is 10.4. The van der Waals surface area contributed by atoms with Crippen molar-refractivity contribution in [1.29, 1.82) is 0 Å². The average molecular weight is 325 g/mol. The SMILES string of the molecule is CNc1ncnc(Sc2ccc(S(C)(=O)=O)cc2)c1OC. The highest BCUT2D eigenvalue weighted by atomic mass is 32.2. The van der Waals surface area contributed by atoms with E-state index in [4.69, 9.17) is 4.74 Å². The fourth-order valence-electron chi connectivity index (χ4n) is 1.66. The number of nitrogens with zero attached hydrogens (tertiary/aromatic N) is 2.